The van der Waals surface area contributed by atoms with Gasteiger partial charge in [-0.15, -0.1) is 0 Å². The molecule has 1 aromatic carbocycles. The van der Waals surface area contributed by atoms with Gasteiger partial charge in [0.05, 0.1) is 0 Å². The van der Waals surface area contributed by atoms with Crippen LogP contribution in [0.1, 0.15) is 36.3 Å². The molecule has 0 saturated heterocycles. The maximum atomic E-state index is 3.59. The summed E-state index contributed by atoms with van der Waals surface area (Å²) in [6.07, 6.45) is 5.56. The second-order valence-electron chi connectivity index (χ2n) is 5.37. The first-order chi connectivity index (χ1) is 8.38. The summed E-state index contributed by atoms with van der Waals surface area (Å²) in [6.45, 7) is 2.48. The van der Waals surface area contributed by atoms with Crippen LogP contribution in [0.2, 0.25) is 0 Å². The third-order valence-corrected chi connectivity index (χ3v) is 4.73. The molecule has 0 amide bonds. The molecular weight excluding hydrogens is 274 g/mol. The van der Waals surface area contributed by atoms with E-state index >= 15 is 0 Å². The quantitative estimate of drug-likeness (QED) is 0.750. The van der Waals surface area contributed by atoms with E-state index in [9.17, 15) is 0 Å². The molecule has 0 bridgehead atoms. The Bertz CT molecular complexity index is 386. The van der Waals surface area contributed by atoms with Crippen molar-refractivity contribution in [1.29, 1.82) is 0 Å². The maximum absolute atomic E-state index is 3.59. The van der Waals surface area contributed by atoms with E-state index in [0.29, 0.717) is 0 Å². The Morgan fingerprint density at radius 1 is 1.24 bits per heavy atom. The normalized spacial score (nSPS) is 23.1. The van der Waals surface area contributed by atoms with Gasteiger partial charge in [-0.25, -0.2) is 0 Å². The van der Waals surface area contributed by atoms with Gasteiger partial charge in [-0.1, -0.05) is 46.6 Å². The zero-order chi connectivity index (χ0) is 11.7. The average molecular weight is 294 g/mol. The van der Waals surface area contributed by atoms with E-state index in [1.807, 2.05) is 0 Å². The van der Waals surface area contributed by atoms with Gasteiger partial charge in [-0.2, -0.15) is 0 Å². The third-order valence-electron chi connectivity index (χ3n) is 4.38. The van der Waals surface area contributed by atoms with Gasteiger partial charge in [-0.05, 0) is 30.4 Å². The predicted octanol–water partition coefficient (Wildman–Crippen LogP) is 3.58. The molecule has 2 aliphatic rings. The minimum atomic E-state index is 0.797. The fraction of sp³-hybridized carbons (Fsp3) is 0.600. The third kappa shape index (κ3) is 2.30. The highest BCUT2D eigenvalue weighted by Gasteiger charge is 2.31. The molecule has 0 aromatic heterocycles. The highest BCUT2D eigenvalue weighted by atomic mass is 79.9. The van der Waals surface area contributed by atoms with Crippen LogP contribution in [-0.2, 0) is 6.42 Å². The summed E-state index contributed by atoms with van der Waals surface area (Å²) < 4.78 is 0. The lowest BCUT2D eigenvalue weighted by atomic mass is 9.76. The highest BCUT2D eigenvalue weighted by Crippen LogP contribution is 2.37. The van der Waals surface area contributed by atoms with Crippen molar-refractivity contribution < 1.29 is 0 Å². The van der Waals surface area contributed by atoms with Crippen molar-refractivity contribution in [1.82, 2.24) is 4.90 Å². The lowest BCUT2D eigenvalue weighted by Crippen LogP contribution is -2.44. The van der Waals surface area contributed by atoms with E-state index in [4.69, 9.17) is 0 Å². The monoisotopic (exact) mass is 293 g/mol. The Morgan fingerprint density at radius 3 is 2.71 bits per heavy atom. The fourth-order valence-corrected chi connectivity index (χ4v) is 3.55. The number of rotatable bonds is 5. The maximum Gasteiger partial charge on any atom is 0.0159 e. The molecule has 0 heterocycles. The number of hydrogen-bond acceptors (Lipinski definition) is 1. The van der Waals surface area contributed by atoms with Crippen LogP contribution in [0.4, 0.5) is 0 Å². The highest BCUT2D eigenvalue weighted by molar-refractivity contribution is 9.09. The SMILES string of the molecule is BrCCN(CC1Cc2ccccc21)C1CCC1. The minimum absolute atomic E-state index is 0.797. The lowest BCUT2D eigenvalue weighted by Gasteiger charge is -2.42. The molecule has 1 saturated carbocycles. The second-order valence-corrected chi connectivity index (χ2v) is 6.16. The minimum Gasteiger partial charge on any atom is -0.299 e. The van der Waals surface area contributed by atoms with Crippen molar-refractivity contribution in [2.75, 3.05) is 18.4 Å². The van der Waals surface area contributed by atoms with Gasteiger partial charge in [0.15, 0.2) is 0 Å². The summed E-state index contributed by atoms with van der Waals surface area (Å²) in [7, 11) is 0. The summed E-state index contributed by atoms with van der Waals surface area (Å²) in [5, 5.41) is 1.11. The molecule has 1 aromatic rings. The van der Waals surface area contributed by atoms with Crippen molar-refractivity contribution in [2.24, 2.45) is 0 Å². The van der Waals surface area contributed by atoms with Gasteiger partial charge in [0.1, 0.15) is 0 Å². The van der Waals surface area contributed by atoms with Gasteiger partial charge < -0.3 is 0 Å². The Labute approximate surface area is 112 Å². The summed E-state index contributed by atoms with van der Waals surface area (Å²) in [5.74, 6) is 0.797. The molecule has 0 N–H and O–H groups in total. The van der Waals surface area contributed by atoms with Gasteiger partial charge >= 0.3 is 0 Å². The number of fused-ring (bicyclic) bond motifs is 1. The van der Waals surface area contributed by atoms with E-state index in [1.165, 1.54) is 38.8 Å². The van der Waals surface area contributed by atoms with Crippen molar-refractivity contribution in [2.45, 2.75) is 37.6 Å². The molecule has 0 radical (unpaired) electrons. The molecule has 3 rings (SSSR count). The molecule has 2 aliphatic carbocycles. The molecule has 1 fully saturated rings. The molecule has 1 nitrogen and oxygen atoms in total. The smallest absolute Gasteiger partial charge is 0.0159 e. The van der Waals surface area contributed by atoms with Crippen LogP contribution in [0.3, 0.4) is 0 Å². The molecule has 0 spiro atoms. The summed E-state index contributed by atoms with van der Waals surface area (Å²) in [4.78, 5) is 2.71. The van der Waals surface area contributed by atoms with Crippen molar-refractivity contribution in [3.8, 4) is 0 Å². The van der Waals surface area contributed by atoms with E-state index in [0.717, 1.165) is 17.3 Å². The van der Waals surface area contributed by atoms with Crippen LogP contribution >= 0.6 is 15.9 Å². The number of halogens is 1. The molecule has 1 unspecified atom stereocenters. The van der Waals surface area contributed by atoms with Crippen molar-refractivity contribution >= 4 is 15.9 Å². The Balaban J connectivity index is 1.62. The number of alkyl halides is 1. The molecule has 0 aliphatic heterocycles. The number of nitrogens with zero attached hydrogens (tertiary/aromatic N) is 1. The first kappa shape index (κ1) is 11.7. The molecular formula is C15H20BrN. The van der Waals surface area contributed by atoms with E-state index in [2.05, 4.69) is 45.1 Å². The van der Waals surface area contributed by atoms with E-state index in [-0.39, 0.29) is 0 Å². The molecule has 2 heteroatoms. The summed E-state index contributed by atoms with van der Waals surface area (Å²) >= 11 is 3.59. The average Bonchev–Trinajstić information content (AvgIpc) is 2.23. The van der Waals surface area contributed by atoms with Crippen LogP contribution in [0, 0.1) is 0 Å². The lowest BCUT2D eigenvalue weighted by molar-refractivity contribution is 0.124. The topological polar surface area (TPSA) is 3.24 Å². The predicted molar refractivity (Wildman–Crippen MR) is 75.9 cm³/mol. The Kier molecular flexibility index (Phi) is 3.53. The first-order valence-corrected chi connectivity index (χ1v) is 7.88. The first-order valence-electron chi connectivity index (χ1n) is 6.76. The van der Waals surface area contributed by atoms with E-state index < -0.39 is 0 Å². The Morgan fingerprint density at radius 2 is 2.06 bits per heavy atom. The zero-order valence-corrected chi connectivity index (χ0v) is 11.8. The van der Waals surface area contributed by atoms with Crippen molar-refractivity contribution in [3.63, 3.8) is 0 Å². The zero-order valence-electron chi connectivity index (χ0n) is 10.2. The van der Waals surface area contributed by atoms with Crippen LogP contribution in [0.15, 0.2) is 24.3 Å². The molecule has 92 valence electrons. The largest absolute Gasteiger partial charge is 0.299 e. The second kappa shape index (κ2) is 5.11. The number of hydrogen-bond donors (Lipinski definition) is 0. The van der Waals surface area contributed by atoms with E-state index in [1.54, 1.807) is 11.1 Å². The molecule has 1 atom stereocenters. The Hall–Kier alpha value is -0.340. The van der Waals surface area contributed by atoms with Crippen LogP contribution in [-0.4, -0.2) is 29.4 Å². The van der Waals surface area contributed by atoms with Crippen LogP contribution in [0.25, 0.3) is 0 Å². The summed E-state index contributed by atoms with van der Waals surface area (Å²) in [5.41, 5.74) is 3.18. The summed E-state index contributed by atoms with van der Waals surface area (Å²) in [6, 6.07) is 9.82. The van der Waals surface area contributed by atoms with Crippen LogP contribution in [0.5, 0.6) is 0 Å². The van der Waals surface area contributed by atoms with Gasteiger partial charge in [0.25, 0.3) is 0 Å². The standard InChI is InChI=1S/C15H20BrN/c16-8-9-17(14-5-3-6-14)11-13-10-12-4-1-2-7-15(12)13/h1-2,4,7,13-14H,3,5-6,8-11H2. The van der Waals surface area contributed by atoms with Gasteiger partial charge in [0, 0.05) is 30.4 Å². The molecule has 17 heavy (non-hydrogen) atoms. The number of benzene rings is 1. The fourth-order valence-electron chi connectivity index (χ4n) is 3.09. The van der Waals surface area contributed by atoms with Crippen LogP contribution < -0.4 is 0 Å². The van der Waals surface area contributed by atoms with Gasteiger partial charge in [0.2, 0.25) is 0 Å². The van der Waals surface area contributed by atoms with Crippen molar-refractivity contribution in [3.05, 3.63) is 35.4 Å². The van der Waals surface area contributed by atoms with Gasteiger partial charge in [-0.3, -0.25) is 4.90 Å².